The zero-order valence-corrected chi connectivity index (χ0v) is 8.96. The molecule has 7 heteroatoms. The van der Waals surface area contributed by atoms with Gasteiger partial charge in [-0.15, -0.1) is 0 Å². The first-order valence-electron chi connectivity index (χ1n) is 3.98. The van der Waals surface area contributed by atoms with Gasteiger partial charge in [0.1, 0.15) is 6.33 Å². The molecule has 2 aromatic rings. The highest BCUT2D eigenvalue weighted by Gasteiger charge is 2.09. The van der Waals surface area contributed by atoms with Crippen molar-refractivity contribution in [2.24, 2.45) is 0 Å². The Morgan fingerprint density at radius 3 is 2.33 bits per heavy atom. The number of nitrogens with one attached hydrogen (secondary N) is 1. The van der Waals surface area contributed by atoms with E-state index < -0.39 is 9.05 Å². The lowest BCUT2D eigenvalue weighted by Gasteiger charge is -1.97. The van der Waals surface area contributed by atoms with Crippen LogP contribution >= 0.6 is 10.7 Å². The summed E-state index contributed by atoms with van der Waals surface area (Å²) in [6.07, 6.45) is 1.38. The summed E-state index contributed by atoms with van der Waals surface area (Å²) in [6, 6.07) is 6.05. The second-order valence-corrected chi connectivity index (χ2v) is 5.36. The van der Waals surface area contributed by atoms with Gasteiger partial charge in [0, 0.05) is 16.2 Å². The van der Waals surface area contributed by atoms with Crippen LogP contribution in [-0.2, 0) is 9.05 Å². The summed E-state index contributed by atoms with van der Waals surface area (Å²) < 4.78 is 21.9. The van der Waals surface area contributed by atoms with E-state index in [0.717, 1.165) is 5.56 Å². The summed E-state index contributed by atoms with van der Waals surface area (Å²) >= 11 is 0. The molecule has 0 saturated carbocycles. The molecule has 0 saturated heterocycles. The smallest absolute Gasteiger partial charge is 0.259 e. The summed E-state index contributed by atoms with van der Waals surface area (Å²) in [5, 5.41) is 6.36. The Morgan fingerprint density at radius 1 is 1.20 bits per heavy atom. The molecule has 15 heavy (non-hydrogen) atoms. The van der Waals surface area contributed by atoms with Crippen LogP contribution < -0.4 is 0 Å². The van der Waals surface area contributed by atoms with Crippen LogP contribution in [0.15, 0.2) is 35.5 Å². The van der Waals surface area contributed by atoms with Gasteiger partial charge in [-0.1, -0.05) is 0 Å². The van der Waals surface area contributed by atoms with Crippen LogP contribution in [0.3, 0.4) is 0 Å². The van der Waals surface area contributed by atoms with Gasteiger partial charge in [-0.2, -0.15) is 5.10 Å². The lowest BCUT2D eigenvalue weighted by atomic mass is 10.2. The molecule has 0 unspecified atom stereocenters. The van der Waals surface area contributed by atoms with Gasteiger partial charge in [0.05, 0.1) is 4.90 Å². The van der Waals surface area contributed by atoms with E-state index in [9.17, 15) is 8.42 Å². The number of benzene rings is 1. The fourth-order valence-electron chi connectivity index (χ4n) is 1.12. The first-order valence-corrected chi connectivity index (χ1v) is 6.29. The molecule has 1 N–H and O–H groups in total. The van der Waals surface area contributed by atoms with Crippen molar-refractivity contribution in [3.63, 3.8) is 0 Å². The van der Waals surface area contributed by atoms with Gasteiger partial charge in [0.25, 0.3) is 9.05 Å². The number of hydrogen-bond acceptors (Lipinski definition) is 4. The minimum Gasteiger partial charge on any atom is -0.259 e. The molecule has 0 fully saturated rings. The molecule has 0 aliphatic carbocycles. The van der Waals surface area contributed by atoms with Crippen LogP contribution in [-0.4, -0.2) is 23.6 Å². The number of aromatic amines is 1. The molecular formula is C8H6ClN3O2S. The first-order chi connectivity index (χ1) is 7.07. The van der Waals surface area contributed by atoms with Crippen molar-refractivity contribution in [3.05, 3.63) is 30.6 Å². The second-order valence-electron chi connectivity index (χ2n) is 2.80. The molecule has 1 aromatic carbocycles. The van der Waals surface area contributed by atoms with Crippen LogP contribution in [0.1, 0.15) is 0 Å². The molecule has 1 aromatic heterocycles. The van der Waals surface area contributed by atoms with E-state index in [0.29, 0.717) is 5.82 Å². The predicted molar refractivity (Wildman–Crippen MR) is 54.9 cm³/mol. The average Bonchev–Trinajstić information content (AvgIpc) is 2.69. The molecule has 5 nitrogen and oxygen atoms in total. The van der Waals surface area contributed by atoms with Crippen LogP contribution in [0.2, 0.25) is 0 Å². The number of hydrogen-bond donors (Lipinski definition) is 1. The maximum Gasteiger partial charge on any atom is 0.261 e. The zero-order chi connectivity index (χ0) is 10.9. The molecule has 0 radical (unpaired) electrons. The maximum atomic E-state index is 11.0. The quantitative estimate of drug-likeness (QED) is 0.809. The largest absolute Gasteiger partial charge is 0.261 e. The number of rotatable bonds is 2. The molecule has 2 rings (SSSR count). The highest BCUT2D eigenvalue weighted by molar-refractivity contribution is 8.13. The maximum absolute atomic E-state index is 11.0. The molecular weight excluding hydrogens is 238 g/mol. The van der Waals surface area contributed by atoms with Crippen LogP contribution in [0.4, 0.5) is 0 Å². The fraction of sp³-hybridized carbons (Fsp3) is 0. The number of halogens is 1. The molecule has 0 bridgehead atoms. The molecule has 0 amide bonds. The van der Waals surface area contributed by atoms with Gasteiger partial charge in [0.2, 0.25) is 0 Å². The van der Waals surface area contributed by atoms with Crippen molar-refractivity contribution in [1.29, 1.82) is 0 Å². The summed E-state index contributed by atoms with van der Waals surface area (Å²) in [4.78, 5) is 3.99. The Bertz CT molecular complexity index is 548. The third-order valence-corrected chi connectivity index (χ3v) is 3.19. The van der Waals surface area contributed by atoms with Gasteiger partial charge in [-0.25, -0.2) is 13.4 Å². The summed E-state index contributed by atoms with van der Waals surface area (Å²) in [6.45, 7) is 0. The van der Waals surface area contributed by atoms with Crippen molar-refractivity contribution in [1.82, 2.24) is 15.2 Å². The minimum atomic E-state index is -3.66. The molecule has 0 aliphatic rings. The lowest BCUT2D eigenvalue weighted by Crippen LogP contribution is -1.90. The Hall–Kier alpha value is -1.40. The van der Waals surface area contributed by atoms with Crippen LogP contribution in [0, 0.1) is 0 Å². The van der Waals surface area contributed by atoms with Crippen molar-refractivity contribution in [2.45, 2.75) is 4.90 Å². The number of H-pyrrole nitrogens is 1. The van der Waals surface area contributed by atoms with Crippen molar-refractivity contribution >= 4 is 19.7 Å². The number of nitrogens with zero attached hydrogens (tertiary/aromatic N) is 2. The molecule has 0 atom stereocenters. The Kier molecular flexibility index (Phi) is 2.45. The average molecular weight is 244 g/mol. The second kappa shape index (κ2) is 3.63. The normalized spacial score (nSPS) is 11.5. The first kappa shape index (κ1) is 10.1. The minimum absolute atomic E-state index is 0.0624. The van der Waals surface area contributed by atoms with E-state index in [1.165, 1.54) is 18.5 Å². The van der Waals surface area contributed by atoms with Gasteiger partial charge in [-0.05, 0) is 24.3 Å². The van der Waals surface area contributed by atoms with Gasteiger partial charge in [-0.3, -0.25) is 5.10 Å². The molecule has 0 spiro atoms. The third kappa shape index (κ3) is 2.16. The van der Waals surface area contributed by atoms with E-state index >= 15 is 0 Å². The highest BCUT2D eigenvalue weighted by Crippen LogP contribution is 2.19. The van der Waals surface area contributed by atoms with Crippen molar-refractivity contribution < 1.29 is 8.42 Å². The zero-order valence-electron chi connectivity index (χ0n) is 7.38. The van der Waals surface area contributed by atoms with Gasteiger partial charge < -0.3 is 0 Å². The SMILES string of the molecule is O=S(=O)(Cl)c1ccc(-c2ncn[nH]2)cc1. The summed E-state index contributed by atoms with van der Waals surface area (Å²) in [5.41, 5.74) is 0.747. The monoisotopic (exact) mass is 243 g/mol. The third-order valence-electron chi connectivity index (χ3n) is 1.82. The number of aromatic nitrogens is 3. The fourth-order valence-corrected chi connectivity index (χ4v) is 1.89. The van der Waals surface area contributed by atoms with E-state index in [1.54, 1.807) is 12.1 Å². The van der Waals surface area contributed by atoms with Gasteiger partial charge >= 0.3 is 0 Å². The summed E-state index contributed by atoms with van der Waals surface area (Å²) in [5.74, 6) is 0.577. The Morgan fingerprint density at radius 2 is 1.87 bits per heavy atom. The Labute approximate surface area is 90.5 Å². The van der Waals surface area contributed by atoms with E-state index in [2.05, 4.69) is 15.2 Å². The highest BCUT2D eigenvalue weighted by atomic mass is 35.7. The van der Waals surface area contributed by atoms with E-state index in [-0.39, 0.29) is 4.90 Å². The van der Waals surface area contributed by atoms with Crippen molar-refractivity contribution in [2.75, 3.05) is 0 Å². The molecule has 78 valence electrons. The predicted octanol–water partition coefficient (Wildman–Crippen LogP) is 1.40. The van der Waals surface area contributed by atoms with Gasteiger partial charge in [0.15, 0.2) is 5.82 Å². The van der Waals surface area contributed by atoms with E-state index in [1.807, 2.05) is 0 Å². The molecule has 1 heterocycles. The lowest BCUT2D eigenvalue weighted by molar-refractivity contribution is 0.609. The Balaban J connectivity index is 2.42. The molecule has 0 aliphatic heterocycles. The topological polar surface area (TPSA) is 75.7 Å². The van der Waals surface area contributed by atoms with E-state index in [4.69, 9.17) is 10.7 Å². The van der Waals surface area contributed by atoms with Crippen LogP contribution in [0.5, 0.6) is 0 Å². The van der Waals surface area contributed by atoms with Crippen LogP contribution in [0.25, 0.3) is 11.4 Å². The summed E-state index contributed by atoms with van der Waals surface area (Å²) in [7, 11) is 1.51. The standard InChI is InChI=1S/C8H6ClN3O2S/c9-15(13,14)7-3-1-6(2-4-7)8-10-5-11-12-8/h1-5H,(H,10,11,12). The van der Waals surface area contributed by atoms with Crippen molar-refractivity contribution in [3.8, 4) is 11.4 Å².